The molecule has 0 saturated heterocycles. The van der Waals surface area contributed by atoms with Gasteiger partial charge in [-0.15, -0.1) is 0 Å². The second kappa shape index (κ2) is 9.18. The molecule has 3 rings (SSSR count). The lowest BCUT2D eigenvalue weighted by Gasteiger charge is -2.23. The van der Waals surface area contributed by atoms with Crippen LogP contribution in [0, 0.1) is 0 Å². The summed E-state index contributed by atoms with van der Waals surface area (Å²) in [5.41, 5.74) is 1.72. The monoisotopic (exact) mass is 351 g/mol. The molecule has 1 aliphatic carbocycles. The van der Waals surface area contributed by atoms with E-state index >= 15 is 0 Å². The first-order chi connectivity index (χ1) is 12.7. The van der Waals surface area contributed by atoms with Gasteiger partial charge in [0.1, 0.15) is 5.92 Å². The zero-order valence-corrected chi connectivity index (χ0v) is 14.9. The van der Waals surface area contributed by atoms with E-state index in [9.17, 15) is 9.59 Å². The van der Waals surface area contributed by atoms with Crippen LogP contribution in [0.4, 0.5) is 0 Å². The molecular weight excluding hydrogens is 326 g/mol. The van der Waals surface area contributed by atoms with Crippen LogP contribution in [0.25, 0.3) is 0 Å². The molecule has 1 N–H and O–H groups in total. The minimum Gasteiger partial charge on any atom is -0.455 e. The molecule has 0 radical (unpaired) electrons. The summed E-state index contributed by atoms with van der Waals surface area (Å²) in [5.74, 6) is -1.15. The Morgan fingerprint density at radius 1 is 0.885 bits per heavy atom. The minimum atomic E-state index is -0.528. The van der Waals surface area contributed by atoms with Crippen molar-refractivity contribution >= 4 is 11.9 Å². The van der Waals surface area contributed by atoms with Crippen molar-refractivity contribution in [2.24, 2.45) is 0 Å². The van der Waals surface area contributed by atoms with Gasteiger partial charge in [0.25, 0.3) is 5.91 Å². The topological polar surface area (TPSA) is 55.4 Å². The van der Waals surface area contributed by atoms with Gasteiger partial charge in [-0.05, 0) is 24.0 Å². The number of hydrogen-bond donors (Lipinski definition) is 1. The van der Waals surface area contributed by atoms with Crippen LogP contribution in [0.3, 0.4) is 0 Å². The molecule has 1 saturated carbocycles. The van der Waals surface area contributed by atoms with Gasteiger partial charge in [-0.25, -0.2) is 0 Å². The molecule has 1 fully saturated rings. The molecule has 1 aliphatic rings. The van der Waals surface area contributed by atoms with Crippen molar-refractivity contribution in [3.8, 4) is 0 Å². The summed E-state index contributed by atoms with van der Waals surface area (Å²) in [4.78, 5) is 24.9. The first-order valence-corrected chi connectivity index (χ1v) is 9.30. The Kier molecular flexibility index (Phi) is 6.42. The first kappa shape index (κ1) is 18.2. The lowest BCUT2D eigenvalue weighted by Crippen LogP contribution is -2.39. The van der Waals surface area contributed by atoms with Gasteiger partial charge in [-0.2, -0.15) is 0 Å². The summed E-state index contributed by atoms with van der Waals surface area (Å²) in [7, 11) is 0. The summed E-state index contributed by atoms with van der Waals surface area (Å²) in [6.45, 7) is -0.231. The van der Waals surface area contributed by atoms with E-state index in [1.807, 2.05) is 60.7 Å². The Labute approximate surface area is 154 Å². The highest BCUT2D eigenvalue weighted by atomic mass is 16.5. The number of nitrogens with one attached hydrogen (secondary N) is 1. The van der Waals surface area contributed by atoms with E-state index in [1.54, 1.807) is 0 Å². The van der Waals surface area contributed by atoms with E-state index in [2.05, 4.69) is 5.32 Å². The van der Waals surface area contributed by atoms with Crippen LogP contribution < -0.4 is 5.32 Å². The van der Waals surface area contributed by atoms with Crippen molar-refractivity contribution < 1.29 is 14.3 Å². The van der Waals surface area contributed by atoms with E-state index in [0.29, 0.717) is 0 Å². The fourth-order valence-electron chi connectivity index (χ4n) is 3.49. The highest BCUT2D eigenvalue weighted by Gasteiger charge is 2.25. The number of benzene rings is 2. The van der Waals surface area contributed by atoms with Gasteiger partial charge in [-0.1, -0.05) is 79.9 Å². The first-order valence-electron chi connectivity index (χ1n) is 9.30. The maximum Gasteiger partial charge on any atom is 0.318 e. The maximum absolute atomic E-state index is 12.7. The van der Waals surface area contributed by atoms with Crippen LogP contribution in [0.5, 0.6) is 0 Å². The number of carbonyl (C=O) groups excluding carboxylic acids is 2. The number of amides is 1. The zero-order valence-electron chi connectivity index (χ0n) is 14.9. The SMILES string of the molecule is O=C(COC(=O)C(c1ccccc1)c1ccccc1)NC1CCCCC1. The third kappa shape index (κ3) is 4.94. The summed E-state index contributed by atoms with van der Waals surface area (Å²) < 4.78 is 5.37. The Morgan fingerprint density at radius 2 is 1.42 bits per heavy atom. The van der Waals surface area contributed by atoms with Crippen molar-refractivity contribution in [1.82, 2.24) is 5.32 Å². The van der Waals surface area contributed by atoms with Crippen LogP contribution in [0.1, 0.15) is 49.1 Å². The Hall–Kier alpha value is -2.62. The van der Waals surface area contributed by atoms with Crippen LogP contribution in [-0.2, 0) is 14.3 Å². The second-order valence-electron chi connectivity index (χ2n) is 6.76. The summed E-state index contributed by atoms with van der Waals surface area (Å²) in [5, 5.41) is 2.98. The van der Waals surface area contributed by atoms with Crippen molar-refractivity contribution in [3.63, 3.8) is 0 Å². The zero-order chi connectivity index (χ0) is 18.2. The van der Waals surface area contributed by atoms with Crippen molar-refractivity contribution in [2.75, 3.05) is 6.61 Å². The number of rotatable bonds is 6. The molecule has 0 heterocycles. The third-order valence-corrected chi connectivity index (χ3v) is 4.82. The smallest absolute Gasteiger partial charge is 0.318 e. The standard InChI is InChI=1S/C22H25NO3/c24-20(23-19-14-8-3-9-15-19)16-26-22(25)21(17-10-4-1-5-11-17)18-12-6-2-7-13-18/h1-2,4-7,10-13,19,21H,3,8-9,14-16H2,(H,23,24). The van der Waals surface area contributed by atoms with Gasteiger partial charge in [0.2, 0.25) is 0 Å². The van der Waals surface area contributed by atoms with Crippen molar-refractivity contribution in [1.29, 1.82) is 0 Å². The molecule has 0 unspecified atom stereocenters. The summed E-state index contributed by atoms with van der Waals surface area (Å²) >= 11 is 0. The molecule has 136 valence electrons. The predicted molar refractivity (Wildman–Crippen MR) is 101 cm³/mol. The lowest BCUT2D eigenvalue weighted by molar-refractivity contribution is -0.149. The number of carbonyl (C=O) groups is 2. The molecule has 0 bridgehead atoms. The highest BCUT2D eigenvalue weighted by Crippen LogP contribution is 2.26. The molecule has 4 heteroatoms. The Morgan fingerprint density at radius 3 is 1.96 bits per heavy atom. The molecule has 1 amide bonds. The molecule has 26 heavy (non-hydrogen) atoms. The molecule has 0 aliphatic heterocycles. The number of esters is 1. The van der Waals surface area contributed by atoms with Gasteiger partial charge >= 0.3 is 5.97 Å². The third-order valence-electron chi connectivity index (χ3n) is 4.82. The molecular formula is C22H25NO3. The normalized spacial score (nSPS) is 14.8. The summed E-state index contributed by atoms with van der Waals surface area (Å²) in [6.07, 6.45) is 5.55. The van der Waals surface area contributed by atoms with Crippen LogP contribution in [0.2, 0.25) is 0 Å². The minimum absolute atomic E-state index is 0.217. The highest BCUT2D eigenvalue weighted by molar-refractivity contribution is 5.85. The Balaban J connectivity index is 1.63. The molecule has 2 aromatic carbocycles. The number of ether oxygens (including phenoxy) is 1. The lowest BCUT2D eigenvalue weighted by atomic mass is 9.91. The molecule has 2 aromatic rings. The van der Waals surface area contributed by atoms with Gasteiger partial charge < -0.3 is 10.1 Å². The quantitative estimate of drug-likeness (QED) is 0.805. The van der Waals surface area contributed by atoms with E-state index < -0.39 is 11.9 Å². The van der Waals surface area contributed by atoms with Gasteiger partial charge in [0.05, 0.1) is 0 Å². The van der Waals surface area contributed by atoms with Crippen LogP contribution in [0.15, 0.2) is 60.7 Å². The van der Waals surface area contributed by atoms with E-state index in [0.717, 1.165) is 36.8 Å². The Bertz CT molecular complexity index is 669. The molecule has 0 spiro atoms. The molecule has 0 atom stereocenters. The maximum atomic E-state index is 12.7. The van der Waals surface area contributed by atoms with E-state index in [1.165, 1.54) is 6.42 Å². The van der Waals surface area contributed by atoms with Crippen LogP contribution >= 0.6 is 0 Å². The van der Waals surface area contributed by atoms with Gasteiger partial charge in [0.15, 0.2) is 6.61 Å². The fourth-order valence-corrected chi connectivity index (χ4v) is 3.49. The largest absolute Gasteiger partial charge is 0.455 e. The molecule has 0 aromatic heterocycles. The van der Waals surface area contributed by atoms with Gasteiger partial charge in [0, 0.05) is 6.04 Å². The van der Waals surface area contributed by atoms with E-state index in [4.69, 9.17) is 4.74 Å². The van der Waals surface area contributed by atoms with Crippen LogP contribution in [-0.4, -0.2) is 24.5 Å². The van der Waals surface area contributed by atoms with Gasteiger partial charge in [-0.3, -0.25) is 9.59 Å². The molecule has 4 nitrogen and oxygen atoms in total. The van der Waals surface area contributed by atoms with E-state index in [-0.39, 0.29) is 18.6 Å². The fraction of sp³-hybridized carbons (Fsp3) is 0.364. The van der Waals surface area contributed by atoms with Crippen molar-refractivity contribution in [2.45, 2.75) is 44.1 Å². The average Bonchev–Trinajstić information content (AvgIpc) is 2.69. The van der Waals surface area contributed by atoms with Crippen molar-refractivity contribution in [3.05, 3.63) is 71.8 Å². The predicted octanol–water partition coefficient (Wildman–Crippen LogP) is 3.81. The second-order valence-corrected chi connectivity index (χ2v) is 6.76. The summed E-state index contributed by atoms with van der Waals surface area (Å²) in [6, 6.07) is 19.2. The number of hydrogen-bond acceptors (Lipinski definition) is 3. The average molecular weight is 351 g/mol.